The molecular formula is C17H25ClF3N3O4. The van der Waals surface area contributed by atoms with Gasteiger partial charge in [-0.05, 0) is 0 Å². The number of methoxy groups -OCH3 is 3. The zero-order chi connectivity index (χ0) is 20.0. The predicted octanol–water partition coefficient (Wildman–Crippen LogP) is 1.70. The highest BCUT2D eigenvalue weighted by atomic mass is 35.5. The van der Waals surface area contributed by atoms with Crippen LogP contribution in [0.4, 0.5) is 13.2 Å². The maximum atomic E-state index is 13.4. The Bertz CT molecular complexity index is 655. The van der Waals surface area contributed by atoms with Gasteiger partial charge in [-0.25, -0.2) is 0 Å². The van der Waals surface area contributed by atoms with Crippen LogP contribution in [0.15, 0.2) is 12.1 Å². The summed E-state index contributed by atoms with van der Waals surface area (Å²) in [5.74, 6) is 0.117. The quantitative estimate of drug-likeness (QED) is 0.690. The van der Waals surface area contributed by atoms with Crippen molar-refractivity contribution in [2.24, 2.45) is 0 Å². The van der Waals surface area contributed by atoms with Gasteiger partial charge in [0.25, 0.3) is 5.91 Å². The third-order valence-corrected chi connectivity index (χ3v) is 4.38. The van der Waals surface area contributed by atoms with Gasteiger partial charge < -0.3 is 24.8 Å². The van der Waals surface area contributed by atoms with E-state index in [0.29, 0.717) is 18.8 Å². The summed E-state index contributed by atoms with van der Waals surface area (Å²) < 4.78 is 55.8. The summed E-state index contributed by atoms with van der Waals surface area (Å²) in [5, 5.41) is 5.38. The van der Waals surface area contributed by atoms with Crippen LogP contribution in [0.3, 0.4) is 0 Å². The van der Waals surface area contributed by atoms with E-state index in [1.807, 2.05) is 0 Å². The van der Waals surface area contributed by atoms with Gasteiger partial charge >= 0.3 is 6.18 Å². The van der Waals surface area contributed by atoms with Crippen LogP contribution < -0.4 is 24.8 Å². The zero-order valence-electron chi connectivity index (χ0n) is 15.9. The average Bonchev–Trinajstić information content (AvgIpc) is 2.66. The standard InChI is InChI=1S/C17H24F3N3O4.ClH/c1-25-12-9-14(27-3)13(26-2)8-11(12)16(24)22-10-15(17(18,19)20)23-6-4-21-5-7-23;/h8-9,15,21H,4-7,10H2,1-3H3,(H,22,24);1H. The normalized spacial score (nSPS) is 15.9. The first-order valence-electron chi connectivity index (χ1n) is 8.41. The van der Waals surface area contributed by atoms with E-state index in [-0.39, 0.29) is 42.6 Å². The molecule has 28 heavy (non-hydrogen) atoms. The average molecular weight is 428 g/mol. The van der Waals surface area contributed by atoms with Gasteiger partial charge in [0.05, 0.1) is 26.9 Å². The van der Waals surface area contributed by atoms with Crippen LogP contribution in [0.1, 0.15) is 10.4 Å². The molecule has 0 radical (unpaired) electrons. The Balaban J connectivity index is 0.00000392. The predicted molar refractivity (Wildman–Crippen MR) is 100.0 cm³/mol. The molecule has 0 aromatic heterocycles. The smallest absolute Gasteiger partial charge is 0.405 e. The summed E-state index contributed by atoms with van der Waals surface area (Å²) in [6.07, 6.45) is -4.45. The molecule has 7 nitrogen and oxygen atoms in total. The molecule has 1 aliphatic heterocycles. The van der Waals surface area contributed by atoms with Gasteiger partial charge in [0.2, 0.25) is 0 Å². The molecular weight excluding hydrogens is 403 g/mol. The van der Waals surface area contributed by atoms with Gasteiger partial charge in [-0.3, -0.25) is 9.69 Å². The molecule has 1 heterocycles. The van der Waals surface area contributed by atoms with Crippen LogP contribution in [0.2, 0.25) is 0 Å². The number of hydrogen-bond acceptors (Lipinski definition) is 6. The van der Waals surface area contributed by atoms with Crippen molar-refractivity contribution >= 4 is 18.3 Å². The molecule has 0 saturated carbocycles. The van der Waals surface area contributed by atoms with E-state index < -0.39 is 24.7 Å². The van der Waals surface area contributed by atoms with Gasteiger partial charge in [0.15, 0.2) is 11.5 Å². The van der Waals surface area contributed by atoms with Crippen LogP contribution in [-0.4, -0.2) is 77.1 Å². The number of piperazine rings is 1. The molecule has 0 bridgehead atoms. The molecule has 1 unspecified atom stereocenters. The lowest BCUT2D eigenvalue weighted by atomic mass is 10.1. The molecule has 1 aliphatic rings. The fourth-order valence-corrected chi connectivity index (χ4v) is 2.94. The number of nitrogens with zero attached hydrogens (tertiary/aromatic N) is 1. The Hall–Kier alpha value is -1.91. The Morgan fingerprint density at radius 1 is 1.11 bits per heavy atom. The van der Waals surface area contributed by atoms with E-state index in [1.165, 1.54) is 38.4 Å². The number of carbonyl (C=O) groups excluding carboxylic acids is 1. The highest BCUT2D eigenvalue weighted by Crippen LogP contribution is 2.34. The highest BCUT2D eigenvalue weighted by Gasteiger charge is 2.43. The lowest BCUT2D eigenvalue weighted by molar-refractivity contribution is -0.183. The topological polar surface area (TPSA) is 72.1 Å². The van der Waals surface area contributed by atoms with E-state index in [9.17, 15) is 18.0 Å². The molecule has 1 amide bonds. The van der Waals surface area contributed by atoms with Crippen LogP contribution in [0.5, 0.6) is 17.2 Å². The molecule has 1 saturated heterocycles. The van der Waals surface area contributed by atoms with Crippen LogP contribution in [0, 0.1) is 0 Å². The SMILES string of the molecule is COc1cc(OC)c(C(=O)NCC(N2CCNCC2)C(F)(F)F)cc1OC.Cl. The van der Waals surface area contributed by atoms with Gasteiger partial charge in [-0.2, -0.15) is 13.2 Å². The lowest BCUT2D eigenvalue weighted by Gasteiger charge is -2.35. The molecule has 160 valence electrons. The fourth-order valence-electron chi connectivity index (χ4n) is 2.94. The van der Waals surface area contributed by atoms with E-state index >= 15 is 0 Å². The number of nitrogens with one attached hydrogen (secondary N) is 2. The Labute approximate surface area is 167 Å². The summed E-state index contributed by atoms with van der Waals surface area (Å²) >= 11 is 0. The van der Waals surface area contributed by atoms with Gasteiger partial charge in [-0.1, -0.05) is 0 Å². The van der Waals surface area contributed by atoms with Crippen LogP contribution in [-0.2, 0) is 0 Å². The molecule has 2 N–H and O–H groups in total. The largest absolute Gasteiger partial charge is 0.496 e. The number of hydrogen-bond donors (Lipinski definition) is 2. The summed E-state index contributed by atoms with van der Waals surface area (Å²) in [4.78, 5) is 13.8. The number of rotatable bonds is 7. The highest BCUT2D eigenvalue weighted by molar-refractivity contribution is 5.97. The first-order chi connectivity index (χ1) is 12.8. The Morgan fingerprint density at radius 2 is 1.64 bits per heavy atom. The third kappa shape index (κ3) is 5.79. The van der Waals surface area contributed by atoms with Crippen LogP contribution in [0.25, 0.3) is 0 Å². The van der Waals surface area contributed by atoms with Gasteiger partial charge in [0, 0.05) is 44.9 Å². The molecule has 2 rings (SSSR count). The number of alkyl halides is 3. The minimum absolute atomic E-state index is 0. The van der Waals surface area contributed by atoms with E-state index in [1.54, 1.807) is 0 Å². The molecule has 1 atom stereocenters. The molecule has 0 aliphatic carbocycles. The van der Waals surface area contributed by atoms with E-state index in [4.69, 9.17) is 14.2 Å². The Morgan fingerprint density at radius 3 is 2.14 bits per heavy atom. The summed E-state index contributed by atoms with van der Waals surface area (Å²) in [5.41, 5.74) is 0.0661. The van der Waals surface area contributed by atoms with Crippen molar-refractivity contribution < 1.29 is 32.2 Å². The second kappa shape index (κ2) is 10.6. The lowest BCUT2D eigenvalue weighted by Crippen LogP contribution is -2.57. The van der Waals surface area contributed by atoms with Crippen molar-refractivity contribution in [2.75, 3.05) is 54.1 Å². The monoisotopic (exact) mass is 427 g/mol. The second-order valence-corrected chi connectivity index (χ2v) is 5.96. The molecule has 1 aromatic carbocycles. The van der Waals surface area contributed by atoms with Crippen molar-refractivity contribution in [3.05, 3.63) is 17.7 Å². The molecule has 1 fully saturated rings. The fraction of sp³-hybridized carbons (Fsp3) is 0.588. The first-order valence-corrected chi connectivity index (χ1v) is 8.41. The van der Waals surface area contributed by atoms with Gasteiger partial charge in [0.1, 0.15) is 11.8 Å². The number of amides is 1. The molecule has 11 heteroatoms. The second-order valence-electron chi connectivity index (χ2n) is 5.96. The minimum atomic E-state index is -4.45. The third-order valence-electron chi connectivity index (χ3n) is 4.38. The number of benzene rings is 1. The van der Waals surface area contributed by atoms with Crippen molar-refractivity contribution in [3.8, 4) is 17.2 Å². The van der Waals surface area contributed by atoms with E-state index in [0.717, 1.165) is 0 Å². The molecule has 0 spiro atoms. The van der Waals surface area contributed by atoms with Crippen molar-refractivity contribution in [3.63, 3.8) is 0 Å². The van der Waals surface area contributed by atoms with Crippen molar-refractivity contribution in [1.82, 2.24) is 15.5 Å². The number of carbonyl (C=O) groups is 1. The minimum Gasteiger partial charge on any atom is -0.496 e. The summed E-state index contributed by atoms with van der Waals surface area (Å²) in [7, 11) is 4.19. The molecule has 1 aromatic rings. The van der Waals surface area contributed by atoms with Crippen LogP contribution >= 0.6 is 12.4 Å². The Kier molecular flexibility index (Phi) is 9.12. The number of halogens is 4. The first kappa shape index (κ1) is 24.1. The summed E-state index contributed by atoms with van der Waals surface area (Å²) in [6.45, 7) is 0.924. The summed E-state index contributed by atoms with van der Waals surface area (Å²) in [6, 6.07) is 1.07. The van der Waals surface area contributed by atoms with Gasteiger partial charge in [-0.15, -0.1) is 12.4 Å². The van der Waals surface area contributed by atoms with Crippen molar-refractivity contribution in [2.45, 2.75) is 12.2 Å². The van der Waals surface area contributed by atoms with Crippen molar-refractivity contribution in [1.29, 1.82) is 0 Å². The number of ether oxygens (including phenoxy) is 3. The van der Waals surface area contributed by atoms with E-state index in [2.05, 4.69) is 10.6 Å². The maximum Gasteiger partial charge on any atom is 0.405 e. The zero-order valence-corrected chi connectivity index (χ0v) is 16.7. The maximum absolute atomic E-state index is 13.4.